The molecular weight excluding hydrogens is 280 g/mol. The van der Waals surface area contributed by atoms with Crippen molar-refractivity contribution in [2.75, 3.05) is 13.7 Å². The summed E-state index contributed by atoms with van der Waals surface area (Å²) in [4.78, 5) is 12.2. The van der Waals surface area contributed by atoms with Crippen molar-refractivity contribution < 1.29 is 9.53 Å². The summed E-state index contributed by atoms with van der Waals surface area (Å²) in [5.74, 6) is 0.920. The minimum absolute atomic E-state index is 0.207. The number of aromatic nitrogens is 3. The molecule has 114 valence electrons. The standard InChI is InChI=1S/C16H18N4O2/c1-3-10-17-16(21)14-15(11-4-5-11)20(19-18-14)12-6-8-13(22-2)9-7-12/h3,6-9,11H,1,4-5,10H2,2H3,(H,17,21). The summed E-state index contributed by atoms with van der Waals surface area (Å²) in [6, 6.07) is 7.55. The molecule has 1 saturated carbocycles. The summed E-state index contributed by atoms with van der Waals surface area (Å²) < 4.78 is 6.91. The third kappa shape index (κ3) is 2.72. The van der Waals surface area contributed by atoms with Gasteiger partial charge in [0.05, 0.1) is 18.5 Å². The van der Waals surface area contributed by atoms with E-state index in [0.29, 0.717) is 18.2 Å². The number of carbonyl (C=O) groups is 1. The number of hydrogen-bond donors (Lipinski definition) is 1. The lowest BCUT2D eigenvalue weighted by molar-refractivity contribution is 0.0952. The first-order chi connectivity index (χ1) is 10.7. The maximum Gasteiger partial charge on any atom is 0.274 e. The van der Waals surface area contributed by atoms with Gasteiger partial charge in [-0.1, -0.05) is 11.3 Å². The number of rotatable bonds is 6. The smallest absolute Gasteiger partial charge is 0.274 e. The van der Waals surface area contributed by atoms with Crippen LogP contribution in [0.4, 0.5) is 0 Å². The number of nitrogens with zero attached hydrogens (tertiary/aromatic N) is 3. The van der Waals surface area contributed by atoms with Gasteiger partial charge in [0.25, 0.3) is 5.91 Å². The van der Waals surface area contributed by atoms with Gasteiger partial charge in [0, 0.05) is 12.5 Å². The Hall–Kier alpha value is -2.63. The van der Waals surface area contributed by atoms with Gasteiger partial charge in [-0.3, -0.25) is 4.79 Å². The number of benzene rings is 1. The molecular formula is C16H18N4O2. The van der Waals surface area contributed by atoms with Gasteiger partial charge < -0.3 is 10.1 Å². The van der Waals surface area contributed by atoms with Crippen molar-refractivity contribution in [3.63, 3.8) is 0 Å². The monoisotopic (exact) mass is 298 g/mol. The van der Waals surface area contributed by atoms with Crippen LogP contribution in [0.2, 0.25) is 0 Å². The van der Waals surface area contributed by atoms with Gasteiger partial charge in [0.1, 0.15) is 5.75 Å². The van der Waals surface area contributed by atoms with Gasteiger partial charge in [-0.25, -0.2) is 4.68 Å². The van der Waals surface area contributed by atoms with Crippen molar-refractivity contribution in [3.05, 3.63) is 48.3 Å². The lowest BCUT2D eigenvalue weighted by Crippen LogP contribution is -2.24. The Morgan fingerprint density at radius 2 is 2.18 bits per heavy atom. The molecule has 0 unspecified atom stereocenters. The summed E-state index contributed by atoms with van der Waals surface area (Å²) in [7, 11) is 1.63. The molecule has 3 rings (SSSR count). The van der Waals surface area contributed by atoms with Gasteiger partial charge in [0.2, 0.25) is 0 Å². The zero-order valence-electron chi connectivity index (χ0n) is 12.5. The van der Waals surface area contributed by atoms with E-state index in [1.54, 1.807) is 17.9 Å². The number of ether oxygens (including phenoxy) is 1. The summed E-state index contributed by atoms with van der Waals surface area (Å²) in [6.45, 7) is 4.01. The highest BCUT2D eigenvalue weighted by Gasteiger charge is 2.34. The van der Waals surface area contributed by atoms with Crippen LogP contribution in [0.15, 0.2) is 36.9 Å². The summed E-state index contributed by atoms with van der Waals surface area (Å²) >= 11 is 0. The third-order valence-corrected chi connectivity index (χ3v) is 3.61. The first-order valence-electron chi connectivity index (χ1n) is 7.23. The topological polar surface area (TPSA) is 69.0 Å². The Balaban J connectivity index is 1.95. The van der Waals surface area contributed by atoms with Crippen LogP contribution in [-0.4, -0.2) is 34.6 Å². The van der Waals surface area contributed by atoms with Crippen LogP contribution >= 0.6 is 0 Å². The molecule has 0 aliphatic heterocycles. The van der Waals surface area contributed by atoms with E-state index in [4.69, 9.17) is 4.74 Å². The molecule has 1 aromatic carbocycles. The quantitative estimate of drug-likeness (QED) is 0.829. The molecule has 1 aromatic heterocycles. The van der Waals surface area contributed by atoms with Gasteiger partial charge in [-0.2, -0.15) is 0 Å². The van der Waals surface area contributed by atoms with E-state index in [2.05, 4.69) is 22.2 Å². The number of methoxy groups -OCH3 is 1. The van der Waals surface area contributed by atoms with Crippen molar-refractivity contribution in [2.24, 2.45) is 0 Å². The average molecular weight is 298 g/mol. The van der Waals surface area contributed by atoms with E-state index in [-0.39, 0.29) is 5.91 Å². The first kappa shape index (κ1) is 14.3. The van der Waals surface area contributed by atoms with Crippen LogP contribution in [0.3, 0.4) is 0 Å². The number of nitrogens with one attached hydrogen (secondary N) is 1. The average Bonchev–Trinajstić information content (AvgIpc) is 3.31. The van der Waals surface area contributed by atoms with Gasteiger partial charge >= 0.3 is 0 Å². The SMILES string of the molecule is C=CCNC(=O)c1nnn(-c2ccc(OC)cc2)c1C1CC1. The molecule has 1 aliphatic carbocycles. The molecule has 0 atom stereocenters. The fraction of sp³-hybridized carbons (Fsp3) is 0.312. The van der Waals surface area contributed by atoms with Crippen LogP contribution in [0.5, 0.6) is 5.75 Å². The van der Waals surface area contributed by atoms with Crippen LogP contribution in [0.1, 0.15) is 34.9 Å². The highest BCUT2D eigenvalue weighted by atomic mass is 16.5. The van der Waals surface area contributed by atoms with Crippen molar-refractivity contribution in [1.82, 2.24) is 20.3 Å². The molecule has 0 saturated heterocycles. The normalized spacial score (nSPS) is 13.7. The van der Waals surface area contributed by atoms with Gasteiger partial charge in [-0.05, 0) is 37.1 Å². The molecule has 1 heterocycles. The Bertz CT molecular complexity index is 687. The fourth-order valence-corrected chi connectivity index (χ4v) is 2.34. The molecule has 6 nitrogen and oxygen atoms in total. The zero-order chi connectivity index (χ0) is 15.5. The molecule has 1 fully saturated rings. The molecule has 22 heavy (non-hydrogen) atoms. The maximum atomic E-state index is 12.2. The van der Waals surface area contributed by atoms with Crippen LogP contribution in [-0.2, 0) is 0 Å². The second-order valence-corrected chi connectivity index (χ2v) is 5.21. The summed E-state index contributed by atoms with van der Waals surface area (Å²) in [6.07, 6.45) is 3.76. The number of amides is 1. The predicted molar refractivity (Wildman–Crippen MR) is 82.4 cm³/mol. The number of carbonyl (C=O) groups excluding carboxylic acids is 1. The zero-order valence-corrected chi connectivity index (χ0v) is 12.5. The second kappa shape index (κ2) is 6.01. The van der Waals surface area contributed by atoms with Crippen molar-refractivity contribution >= 4 is 5.91 Å². The summed E-state index contributed by atoms with van der Waals surface area (Å²) in [5, 5.41) is 11.0. The van der Waals surface area contributed by atoms with E-state index in [9.17, 15) is 4.79 Å². The molecule has 2 aromatic rings. The van der Waals surface area contributed by atoms with E-state index >= 15 is 0 Å². The van der Waals surface area contributed by atoms with E-state index in [1.165, 1.54) is 0 Å². The van der Waals surface area contributed by atoms with Crippen LogP contribution < -0.4 is 10.1 Å². The molecule has 1 amide bonds. The Morgan fingerprint density at radius 3 is 2.77 bits per heavy atom. The minimum atomic E-state index is -0.207. The lowest BCUT2D eigenvalue weighted by Gasteiger charge is -2.08. The highest BCUT2D eigenvalue weighted by molar-refractivity contribution is 5.93. The molecule has 6 heteroatoms. The number of hydrogen-bond acceptors (Lipinski definition) is 4. The highest BCUT2D eigenvalue weighted by Crippen LogP contribution is 2.42. The summed E-state index contributed by atoms with van der Waals surface area (Å²) in [5.41, 5.74) is 2.16. The Morgan fingerprint density at radius 1 is 1.45 bits per heavy atom. The minimum Gasteiger partial charge on any atom is -0.497 e. The van der Waals surface area contributed by atoms with Gasteiger partial charge in [0.15, 0.2) is 5.69 Å². The second-order valence-electron chi connectivity index (χ2n) is 5.21. The molecule has 0 spiro atoms. The molecule has 0 bridgehead atoms. The Labute approximate surface area is 128 Å². The molecule has 1 N–H and O–H groups in total. The van der Waals surface area contributed by atoms with Gasteiger partial charge in [-0.15, -0.1) is 11.7 Å². The maximum absolute atomic E-state index is 12.2. The first-order valence-corrected chi connectivity index (χ1v) is 7.23. The van der Waals surface area contributed by atoms with Crippen molar-refractivity contribution in [3.8, 4) is 11.4 Å². The van der Waals surface area contributed by atoms with Crippen LogP contribution in [0.25, 0.3) is 5.69 Å². The van der Waals surface area contributed by atoms with E-state index in [0.717, 1.165) is 30.0 Å². The third-order valence-electron chi connectivity index (χ3n) is 3.61. The van der Waals surface area contributed by atoms with Crippen molar-refractivity contribution in [1.29, 1.82) is 0 Å². The van der Waals surface area contributed by atoms with E-state index in [1.807, 2.05) is 24.3 Å². The van der Waals surface area contributed by atoms with Crippen molar-refractivity contribution in [2.45, 2.75) is 18.8 Å². The van der Waals surface area contributed by atoms with Crippen LogP contribution in [0, 0.1) is 0 Å². The lowest BCUT2D eigenvalue weighted by atomic mass is 10.2. The molecule has 0 radical (unpaired) electrons. The molecule has 1 aliphatic rings. The fourth-order valence-electron chi connectivity index (χ4n) is 2.34. The largest absolute Gasteiger partial charge is 0.497 e. The Kier molecular flexibility index (Phi) is 3.91. The predicted octanol–water partition coefficient (Wildman–Crippen LogP) is 2.07. The van der Waals surface area contributed by atoms with E-state index < -0.39 is 0 Å².